The van der Waals surface area contributed by atoms with E-state index in [9.17, 15) is 4.79 Å². The van der Waals surface area contributed by atoms with Crippen LogP contribution in [0.3, 0.4) is 0 Å². The van der Waals surface area contributed by atoms with Gasteiger partial charge in [-0.15, -0.1) is 0 Å². The van der Waals surface area contributed by atoms with Gasteiger partial charge in [0, 0.05) is 63.9 Å². The molecule has 1 saturated heterocycles. The third kappa shape index (κ3) is 3.19. The Morgan fingerprint density at radius 2 is 1.83 bits per heavy atom. The lowest BCUT2D eigenvalue weighted by Gasteiger charge is -2.26. The number of rotatable bonds is 3. The third-order valence-electron chi connectivity index (χ3n) is 3.89. The van der Waals surface area contributed by atoms with Crippen molar-refractivity contribution in [1.82, 2.24) is 19.4 Å². The lowest BCUT2D eigenvalue weighted by molar-refractivity contribution is 0.0296. The van der Waals surface area contributed by atoms with Crippen molar-refractivity contribution in [1.29, 1.82) is 0 Å². The quantitative estimate of drug-likeness (QED) is 0.846. The number of ether oxygens (including phenoxy) is 1. The van der Waals surface area contributed by atoms with Gasteiger partial charge in [-0.25, -0.2) is 9.97 Å². The number of aryl methyl sites for hydroxylation is 1. The summed E-state index contributed by atoms with van der Waals surface area (Å²) in [6.45, 7) is 2.48. The lowest BCUT2D eigenvalue weighted by Crippen LogP contribution is -2.41. The van der Waals surface area contributed by atoms with Crippen molar-refractivity contribution in [2.45, 2.75) is 0 Å². The predicted octanol–water partition coefficient (Wildman–Crippen LogP) is 1.02. The van der Waals surface area contributed by atoms with Crippen molar-refractivity contribution in [3.63, 3.8) is 0 Å². The molecule has 0 aliphatic carbocycles. The van der Waals surface area contributed by atoms with E-state index in [1.165, 1.54) is 0 Å². The molecule has 3 rings (SSSR count). The van der Waals surface area contributed by atoms with E-state index >= 15 is 0 Å². The molecular weight excluding hydrogens is 294 g/mol. The van der Waals surface area contributed by atoms with Crippen molar-refractivity contribution in [3.05, 3.63) is 30.4 Å². The second-order valence-corrected chi connectivity index (χ2v) is 5.80. The smallest absolute Gasteiger partial charge is 0.270 e. The molecule has 122 valence electrons. The molecule has 0 bridgehead atoms. The predicted molar refractivity (Wildman–Crippen MR) is 87.5 cm³/mol. The van der Waals surface area contributed by atoms with Gasteiger partial charge < -0.3 is 19.1 Å². The van der Waals surface area contributed by atoms with E-state index in [0.29, 0.717) is 37.9 Å². The fraction of sp³-hybridized carbons (Fsp3) is 0.438. The van der Waals surface area contributed by atoms with E-state index < -0.39 is 0 Å². The molecule has 1 fully saturated rings. The first kappa shape index (κ1) is 15.5. The molecule has 0 atom stereocenters. The van der Waals surface area contributed by atoms with Crippen LogP contribution < -0.4 is 4.90 Å². The number of nitrogens with zero attached hydrogens (tertiary/aromatic N) is 5. The highest BCUT2D eigenvalue weighted by molar-refractivity contribution is 5.94. The summed E-state index contributed by atoms with van der Waals surface area (Å²) in [6, 6.07) is 1.89. The molecule has 7 nitrogen and oxygen atoms in total. The van der Waals surface area contributed by atoms with E-state index in [4.69, 9.17) is 4.74 Å². The van der Waals surface area contributed by atoms with Gasteiger partial charge >= 0.3 is 0 Å². The molecule has 2 aromatic rings. The number of morpholine rings is 1. The van der Waals surface area contributed by atoms with E-state index in [-0.39, 0.29) is 5.91 Å². The standard InChI is InChI=1S/C16H21N5O2/c1-19(2)16-17-9-13(10-18-16)12-8-14(20(3)11-12)15(22)21-4-6-23-7-5-21/h8-11H,4-7H2,1-3H3. The summed E-state index contributed by atoms with van der Waals surface area (Å²) < 4.78 is 7.15. The van der Waals surface area contributed by atoms with E-state index in [2.05, 4.69) is 9.97 Å². The first-order chi connectivity index (χ1) is 11.1. The number of hydrogen-bond donors (Lipinski definition) is 0. The van der Waals surface area contributed by atoms with E-state index in [1.807, 2.05) is 47.8 Å². The molecule has 2 aromatic heterocycles. The van der Waals surface area contributed by atoms with Gasteiger partial charge in [0.15, 0.2) is 0 Å². The van der Waals surface area contributed by atoms with Crippen LogP contribution in [0.15, 0.2) is 24.7 Å². The summed E-state index contributed by atoms with van der Waals surface area (Å²) in [4.78, 5) is 24.9. The van der Waals surface area contributed by atoms with Crippen LogP contribution in [-0.4, -0.2) is 65.7 Å². The summed E-state index contributed by atoms with van der Waals surface area (Å²) in [5.74, 6) is 0.696. The topological polar surface area (TPSA) is 63.5 Å². The molecule has 1 aliphatic rings. The molecule has 23 heavy (non-hydrogen) atoms. The first-order valence-electron chi connectivity index (χ1n) is 7.59. The Morgan fingerprint density at radius 1 is 1.17 bits per heavy atom. The first-order valence-corrected chi connectivity index (χ1v) is 7.59. The Morgan fingerprint density at radius 3 is 2.43 bits per heavy atom. The highest BCUT2D eigenvalue weighted by Gasteiger charge is 2.21. The highest BCUT2D eigenvalue weighted by atomic mass is 16.5. The minimum Gasteiger partial charge on any atom is -0.378 e. The summed E-state index contributed by atoms with van der Waals surface area (Å²) in [6.07, 6.45) is 5.49. The Labute approximate surface area is 135 Å². The van der Waals surface area contributed by atoms with Crippen molar-refractivity contribution < 1.29 is 9.53 Å². The highest BCUT2D eigenvalue weighted by Crippen LogP contribution is 2.22. The van der Waals surface area contributed by atoms with Crippen molar-refractivity contribution in [2.75, 3.05) is 45.3 Å². The largest absolute Gasteiger partial charge is 0.378 e. The summed E-state index contributed by atoms with van der Waals surface area (Å²) in [7, 11) is 5.68. The molecule has 3 heterocycles. The van der Waals surface area contributed by atoms with Crippen molar-refractivity contribution >= 4 is 11.9 Å². The average Bonchev–Trinajstić information content (AvgIpc) is 2.97. The molecule has 0 radical (unpaired) electrons. The van der Waals surface area contributed by atoms with Gasteiger partial charge in [0.05, 0.1) is 13.2 Å². The molecule has 0 unspecified atom stereocenters. The fourth-order valence-electron chi connectivity index (χ4n) is 2.56. The van der Waals surface area contributed by atoms with Crippen LogP contribution in [-0.2, 0) is 11.8 Å². The van der Waals surface area contributed by atoms with Gasteiger partial charge in [0.2, 0.25) is 5.95 Å². The lowest BCUT2D eigenvalue weighted by atomic mass is 10.2. The summed E-state index contributed by atoms with van der Waals surface area (Å²) in [5, 5.41) is 0. The Hall–Kier alpha value is -2.41. The SMILES string of the molecule is CN(C)c1ncc(-c2cc(C(=O)N3CCOCC3)n(C)c2)cn1. The Balaban J connectivity index is 1.84. The zero-order valence-corrected chi connectivity index (χ0v) is 13.7. The fourth-order valence-corrected chi connectivity index (χ4v) is 2.56. The van der Waals surface area contributed by atoms with Gasteiger partial charge in [-0.05, 0) is 6.07 Å². The molecule has 1 amide bonds. The number of amides is 1. The zero-order valence-electron chi connectivity index (χ0n) is 13.7. The molecule has 7 heteroatoms. The second kappa shape index (κ2) is 6.37. The number of carbonyl (C=O) groups is 1. The minimum absolute atomic E-state index is 0.0351. The van der Waals surface area contributed by atoms with Gasteiger partial charge in [-0.2, -0.15) is 0 Å². The van der Waals surface area contributed by atoms with Gasteiger partial charge in [0.1, 0.15) is 5.69 Å². The van der Waals surface area contributed by atoms with Gasteiger partial charge in [-0.1, -0.05) is 0 Å². The molecule has 0 saturated carbocycles. The van der Waals surface area contributed by atoms with Gasteiger partial charge in [0.25, 0.3) is 5.91 Å². The summed E-state index contributed by atoms with van der Waals surface area (Å²) >= 11 is 0. The minimum atomic E-state index is 0.0351. The van der Waals surface area contributed by atoms with Crippen LogP contribution in [0.4, 0.5) is 5.95 Å². The maximum Gasteiger partial charge on any atom is 0.270 e. The number of aromatic nitrogens is 3. The number of carbonyl (C=O) groups excluding carboxylic acids is 1. The molecule has 0 spiro atoms. The molecular formula is C16H21N5O2. The maximum atomic E-state index is 12.6. The van der Waals surface area contributed by atoms with Crippen LogP contribution in [0.2, 0.25) is 0 Å². The monoisotopic (exact) mass is 315 g/mol. The normalized spacial score (nSPS) is 14.8. The van der Waals surface area contributed by atoms with Crippen LogP contribution in [0.25, 0.3) is 11.1 Å². The second-order valence-electron chi connectivity index (χ2n) is 5.80. The Bertz CT molecular complexity index is 687. The average molecular weight is 315 g/mol. The van der Waals surface area contributed by atoms with Crippen LogP contribution in [0.1, 0.15) is 10.5 Å². The van der Waals surface area contributed by atoms with Crippen LogP contribution in [0, 0.1) is 0 Å². The van der Waals surface area contributed by atoms with Crippen LogP contribution >= 0.6 is 0 Å². The Kier molecular flexibility index (Phi) is 4.29. The molecule has 1 aliphatic heterocycles. The summed E-state index contributed by atoms with van der Waals surface area (Å²) in [5.41, 5.74) is 2.50. The van der Waals surface area contributed by atoms with E-state index in [0.717, 1.165) is 11.1 Å². The van der Waals surface area contributed by atoms with E-state index in [1.54, 1.807) is 12.4 Å². The van der Waals surface area contributed by atoms with Crippen LogP contribution in [0.5, 0.6) is 0 Å². The molecule has 0 aromatic carbocycles. The van der Waals surface area contributed by atoms with Gasteiger partial charge in [-0.3, -0.25) is 4.79 Å². The number of anilines is 1. The third-order valence-corrected chi connectivity index (χ3v) is 3.89. The molecule has 0 N–H and O–H groups in total. The maximum absolute atomic E-state index is 12.6. The van der Waals surface area contributed by atoms with Crippen molar-refractivity contribution in [3.8, 4) is 11.1 Å². The number of hydrogen-bond acceptors (Lipinski definition) is 5. The van der Waals surface area contributed by atoms with Crippen molar-refractivity contribution in [2.24, 2.45) is 7.05 Å². The zero-order chi connectivity index (χ0) is 16.4.